The highest BCUT2D eigenvalue weighted by Gasteiger charge is 2.15. The molecule has 1 aromatic carbocycles. The minimum atomic E-state index is 0.325. The molecule has 3 rings (SSSR count). The normalized spacial score (nSPS) is 19.0. The fourth-order valence-electron chi connectivity index (χ4n) is 2.24. The Hall–Kier alpha value is -1.81. The van der Waals surface area contributed by atoms with Crippen molar-refractivity contribution in [2.75, 3.05) is 18.5 Å². The van der Waals surface area contributed by atoms with Gasteiger partial charge in [-0.15, -0.1) is 0 Å². The number of hydrogen-bond acceptors (Lipinski definition) is 3. The Morgan fingerprint density at radius 2 is 2.22 bits per heavy atom. The molecule has 1 unspecified atom stereocenters. The van der Waals surface area contributed by atoms with Crippen LogP contribution in [0.25, 0.3) is 5.69 Å². The number of hydrogen-bond donors (Lipinski definition) is 1. The summed E-state index contributed by atoms with van der Waals surface area (Å²) in [4.78, 5) is 4.35. The van der Waals surface area contributed by atoms with Gasteiger partial charge in [0.15, 0.2) is 0 Å². The highest BCUT2D eigenvalue weighted by molar-refractivity contribution is 5.41. The van der Waals surface area contributed by atoms with Gasteiger partial charge in [-0.2, -0.15) is 0 Å². The molecule has 0 saturated carbocycles. The fraction of sp³-hybridized carbons (Fsp3) is 0.357. The SMILES string of the molecule is c1ccc(-n2ccnc2NCC2CCCO2)cc1. The van der Waals surface area contributed by atoms with E-state index < -0.39 is 0 Å². The van der Waals surface area contributed by atoms with Gasteiger partial charge < -0.3 is 10.1 Å². The second-order valence-electron chi connectivity index (χ2n) is 4.47. The first-order valence-electron chi connectivity index (χ1n) is 6.38. The van der Waals surface area contributed by atoms with E-state index in [-0.39, 0.29) is 0 Å². The molecule has 4 heteroatoms. The van der Waals surface area contributed by atoms with Crippen LogP contribution in [0.3, 0.4) is 0 Å². The summed E-state index contributed by atoms with van der Waals surface area (Å²) in [5.74, 6) is 0.872. The third-order valence-corrected chi connectivity index (χ3v) is 3.19. The van der Waals surface area contributed by atoms with Crippen LogP contribution in [-0.2, 0) is 4.74 Å². The van der Waals surface area contributed by atoms with Crippen molar-refractivity contribution in [1.82, 2.24) is 9.55 Å². The van der Waals surface area contributed by atoms with E-state index in [1.165, 1.54) is 6.42 Å². The Labute approximate surface area is 107 Å². The molecule has 1 aliphatic rings. The molecular weight excluding hydrogens is 226 g/mol. The van der Waals surface area contributed by atoms with Gasteiger partial charge in [-0.25, -0.2) is 4.98 Å². The largest absolute Gasteiger partial charge is 0.376 e. The van der Waals surface area contributed by atoms with Crippen LogP contribution in [0, 0.1) is 0 Å². The first-order chi connectivity index (χ1) is 8.93. The van der Waals surface area contributed by atoms with E-state index in [1.807, 2.05) is 30.6 Å². The molecule has 2 aromatic rings. The number of benzene rings is 1. The van der Waals surface area contributed by atoms with E-state index >= 15 is 0 Å². The predicted molar refractivity (Wildman–Crippen MR) is 71.0 cm³/mol. The van der Waals surface area contributed by atoms with E-state index in [9.17, 15) is 0 Å². The molecule has 18 heavy (non-hydrogen) atoms. The third-order valence-electron chi connectivity index (χ3n) is 3.19. The molecule has 0 aliphatic carbocycles. The van der Waals surface area contributed by atoms with Gasteiger partial charge in [0, 0.05) is 31.2 Å². The maximum Gasteiger partial charge on any atom is 0.207 e. The molecule has 0 radical (unpaired) electrons. The maximum absolute atomic E-state index is 5.60. The molecule has 4 nitrogen and oxygen atoms in total. The Morgan fingerprint density at radius 3 is 3.00 bits per heavy atom. The minimum Gasteiger partial charge on any atom is -0.376 e. The van der Waals surface area contributed by atoms with Crippen molar-refractivity contribution in [3.05, 3.63) is 42.7 Å². The van der Waals surface area contributed by atoms with Gasteiger partial charge in [-0.3, -0.25) is 4.57 Å². The van der Waals surface area contributed by atoms with Crippen molar-refractivity contribution in [3.8, 4) is 5.69 Å². The Kier molecular flexibility index (Phi) is 3.28. The quantitative estimate of drug-likeness (QED) is 0.896. The van der Waals surface area contributed by atoms with E-state index in [0.29, 0.717) is 6.10 Å². The molecule has 1 N–H and O–H groups in total. The van der Waals surface area contributed by atoms with Crippen LogP contribution in [0.2, 0.25) is 0 Å². The second kappa shape index (κ2) is 5.23. The Morgan fingerprint density at radius 1 is 1.33 bits per heavy atom. The topological polar surface area (TPSA) is 39.1 Å². The lowest BCUT2D eigenvalue weighted by molar-refractivity contribution is 0.120. The zero-order chi connectivity index (χ0) is 12.2. The van der Waals surface area contributed by atoms with E-state index in [2.05, 4.69) is 27.0 Å². The van der Waals surface area contributed by atoms with E-state index in [0.717, 1.165) is 31.2 Å². The summed E-state index contributed by atoms with van der Waals surface area (Å²) >= 11 is 0. The van der Waals surface area contributed by atoms with Crippen molar-refractivity contribution in [1.29, 1.82) is 0 Å². The molecule has 0 amide bonds. The summed E-state index contributed by atoms with van der Waals surface area (Å²) in [5, 5.41) is 3.36. The summed E-state index contributed by atoms with van der Waals surface area (Å²) in [6.07, 6.45) is 6.40. The molecule has 1 fully saturated rings. The monoisotopic (exact) mass is 243 g/mol. The van der Waals surface area contributed by atoms with Crippen LogP contribution in [0.5, 0.6) is 0 Å². The van der Waals surface area contributed by atoms with Gasteiger partial charge in [0.05, 0.1) is 6.10 Å². The van der Waals surface area contributed by atoms with Crippen LogP contribution in [-0.4, -0.2) is 28.8 Å². The number of nitrogens with one attached hydrogen (secondary N) is 1. The predicted octanol–water partition coefficient (Wildman–Crippen LogP) is 2.46. The van der Waals surface area contributed by atoms with E-state index in [4.69, 9.17) is 4.74 Å². The van der Waals surface area contributed by atoms with Crippen LogP contribution < -0.4 is 5.32 Å². The standard InChI is InChI=1S/C14H17N3O/c1-2-5-12(6-3-1)17-9-8-15-14(17)16-11-13-7-4-10-18-13/h1-3,5-6,8-9,13H,4,7,10-11H2,(H,15,16). The molecule has 1 atom stereocenters. The number of aromatic nitrogens is 2. The summed E-state index contributed by atoms with van der Waals surface area (Å²) in [6, 6.07) is 10.2. The van der Waals surface area contributed by atoms with Gasteiger partial charge in [0.25, 0.3) is 0 Å². The number of ether oxygens (including phenoxy) is 1. The number of imidazole rings is 1. The Bertz CT molecular complexity index is 489. The molecule has 1 aliphatic heterocycles. The average molecular weight is 243 g/mol. The highest BCUT2D eigenvalue weighted by atomic mass is 16.5. The molecular formula is C14H17N3O. The van der Waals surface area contributed by atoms with Crippen molar-refractivity contribution < 1.29 is 4.74 Å². The second-order valence-corrected chi connectivity index (χ2v) is 4.47. The molecule has 1 saturated heterocycles. The van der Waals surface area contributed by atoms with Crippen LogP contribution in [0.15, 0.2) is 42.7 Å². The summed E-state index contributed by atoms with van der Waals surface area (Å²) in [7, 11) is 0. The number of nitrogens with zero attached hydrogens (tertiary/aromatic N) is 2. The number of rotatable bonds is 4. The van der Waals surface area contributed by atoms with E-state index in [1.54, 1.807) is 0 Å². The molecule has 0 spiro atoms. The lowest BCUT2D eigenvalue weighted by atomic mass is 10.2. The fourth-order valence-corrected chi connectivity index (χ4v) is 2.24. The number of para-hydroxylation sites is 1. The molecule has 94 valence electrons. The van der Waals surface area contributed by atoms with Crippen molar-refractivity contribution >= 4 is 5.95 Å². The average Bonchev–Trinajstić information content (AvgIpc) is 3.09. The van der Waals surface area contributed by atoms with Crippen molar-refractivity contribution in [3.63, 3.8) is 0 Å². The third kappa shape index (κ3) is 2.38. The van der Waals surface area contributed by atoms with Gasteiger partial charge in [-0.05, 0) is 25.0 Å². The van der Waals surface area contributed by atoms with Gasteiger partial charge in [-0.1, -0.05) is 18.2 Å². The summed E-state index contributed by atoms with van der Waals surface area (Å²) < 4.78 is 7.65. The highest BCUT2D eigenvalue weighted by Crippen LogP contribution is 2.16. The van der Waals surface area contributed by atoms with Crippen molar-refractivity contribution in [2.24, 2.45) is 0 Å². The number of anilines is 1. The summed E-state index contributed by atoms with van der Waals surface area (Å²) in [6.45, 7) is 1.71. The first-order valence-corrected chi connectivity index (χ1v) is 6.38. The molecule has 2 heterocycles. The maximum atomic E-state index is 5.60. The smallest absolute Gasteiger partial charge is 0.207 e. The van der Waals surface area contributed by atoms with Crippen LogP contribution >= 0.6 is 0 Å². The molecule has 0 bridgehead atoms. The Balaban J connectivity index is 1.71. The van der Waals surface area contributed by atoms with Crippen LogP contribution in [0.4, 0.5) is 5.95 Å². The van der Waals surface area contributed by atoms with Gasteiger partial charge in [0.1, 0.15) is 0 Å². The molecule has 1 aromatic heterocycles. The lowest BCUT2D eigenvalue weighted by Gasteiger charge is -2.13. The zero-order valence-electron chi connectivity index (χ0n) is 10.2. The summed E-state index contributed by atoms with van der Waals surface area (Å²) in [5.41, 5.74) is 1.12. The van der Waals surface area contributed by atoms with Gasteiger partial charge in [0.2, 0.25) is 5.95 Å². The van der Waals surface area contributed by atoms with Gasteiger partial charge >= 0.3 is 0 Å². The minimum absolute atomic E-state index is 0.325. The van der Waals surface area contributed by atoms with Crippen LogP contribution in [0.1, 0.15) is 12.8 Å². The van der Waals surface area contributed by atoms with Crippen molar-refractivity contribution in [2.45, 2.75) is 18.9 Å². The zero-order valence-corrected chi connectivity index (χ0v) is 10.2. The lowest BCUT2D eigenvalue weighted by Crippen LogP contribution is -2.20. The first kappa shape index (κ1) is 11.3.